The van der Waals surface area contributed by atoms with Crippen molar-refractivity contribution in [3.05, 3.63) is 46.3 Å². The van der Waals surface area contributed by atoms with Crippen LogP contribution in [0.3, 0.4) is 0 Å². The van der Waals surface area contributed by atoms with E-state index in [9.17, 15) is 4.79 Å². The normalized spacial score (nSPS) is 12.8. The molecular weight excluding hydrogens is 308 g/mol. The zero-order valence-electron chi connectivity index (χ0n) is 13.8. The SMILES string of the molecule is CC=c1cc2cccc(CSCC(=O)OCOC)c2cc1=CC. The molecule has 0 amide bonds. The average molecular weight is 330 g/mol. The van der Waals surface area contributed by atoms with Gasteiger partial charge in [0.2, 0.25) is 0 Å². The number of rotatable bonds is 6. The zero-order chi connectivity index (χ0) is 16.7. The standard InChI is InChI=1S/C19H22O3S/c1-4-14-9-16-7-6-8-17(18(16)10-15(14)5-2)11-23-12-19(20)22-13-21-3/h4-10H,11-13H2,1-3H3. The van der Waals surface area contributed by atoms with Crippen LogP contribution in [0.2, 0.25) is 0 Å². The third-order valence-corrected chi connectivity index (χ3v) is 4.57. The summed E-state index contributed by atoms with van der Waals surface area (Å²) >= 11 is 1.56. The van der Waals surface area contributed by atoms with Gasteiger partial charge in [-0.3, -0.25) is 4.79 Å². The van der Waals surface area contributed by atoms with Gasteiger partial charge in [-0.15, -0.1) is 11.8 Å². The first-order chi connectivity index (χ1) is 11.2. The molecule has 2 aromatic carbocycles. The highest BCUT2D eigenvalue weighted by atomic mass is 32.2. The van der Waals surface area contributed by atoms with Crippen molar-refractivity contribution >= 4 is 40.7 Å². The van der Waals surface area contributed by atoms with Crippen molar-refractivity contribution in [2.45, 2.75) is 19.6 Å². The lowest BCUT2D eigenvalue weighted by atomic mass is 10.0. The lowest BCUT2D eigenvalue weighted by Gasteiger charge is -2.07. The maximum Gasteiger partial charge on any atom is 0.318 e. The molecule has 0 aromatic heterocycles. The van der Waals surface area contributed by atoms with E-state index in [-0.39, 0.29) is 12.8 Å². The molecule has 0 N–H and O–H groups in total. The van der Waals surface area contributed by atoms with Gasteiger partial charge in [-0.25, -0.2) is 0 Å². The van der Waals surface area contributed by atoms with Gasteiger partial charge < -0.3 is 9.47 Å². The van der Waals surface area contributed by atoms with Crippen molar-refractivity contribution in [1.82, 2.24) is 0 Å². The molecule has 0 bridgehead atoms. The van der Waals surface area contributed by atoms with E-state index < -0.39 is 0 Å². The van der Waals surface area contributed by atoms with E-state index in [4.69, 9.17) is 9.47 Å². The lowest BCUT2D eigenvalue weighted by Crippen LogP contribution is -2.23. The predicted molar refractivity (Wildman–Crippen MR) is 97.6 cm³/mol. The highest BCUT2D eigenvalue weighted by Crippen LogP contribution is 2.21. The lowest BCUT2D eigenvalue weighted by molar-refractivity contribution is -0.150. The Morgan fingerprint density at radius 1 is 1.17 bits per heavy atom. The second-order valence-electron chi connectivity index (χ2n) is 5.11. The van der Waals surface area contributed by atoms with E-state index in [1.54, 1.807) is 11.8 Å². The van der Waals surface area contributed by atoms with E-state index >= 15 is 0 Å². The van der Waals surface area contributed by atoms with Gasteiger partial charge in [-0.1, -0.05) is 30.4 Å². The van der Waals surface area contributed by atoms with Gasteiger partial charge in [0.05, 0.1) is 5.75 Å². The second-order valence-corrected chi connectivity index (χ2v) is 6.10. The van der Waals surface area contributed by atoms with E-state index in [0.29, 0.717) is 5.75 Å². The van der Waals surface area contributed by atoms with E-state index in [2.05, 4.69) is 56.3 Å². The van der Waals surface area contributed by atoms with Crippen LogP contribution in [0, 0.1) is 0 Å². The second kappa shape index (κ2) is 8.75. The van der Waals surface area contributed by atoms with E-state index in [0.717, 1.165) is 5.75 Å². The van der Waals surface area contributed by atoms with Gasteiger partial charge in [0.25, 0.3) is 0 Å². The summed E-state index contributed by atoms with van der Waals surface area (Å²) in [6, 6.07) is 10.7. The number of hydrogen-bond donors (Lipinski definition) is 0. The number of carbonyl (C=O) groups is 1. The molecule has 3 nitrogen and oxygen atoms in total. The molecule has 0 spiro atoms. The van der Waals surface area contributed by atoms with Gasteiger partial charge in [0, 0.05) is 12.9 Å². The summed E-state index contributed by atoms with van der Waals surface area (Å²) in [5.41, 5.74) is 1.23. The molecular formula is C19H22O3S. The van der Waals surface area contributed by atoms with Gasteiger partial charge in [0.1, 0.15) is 0 Å². The van der Waals surface area contributed by atoms with Crippen molar-refractivity contribution in [2.75, 3.05) is 19.7 Å². The number of ether oxygens (including phenoxy) is 2. The number of hydrogen-bond acceptors (Lipinski definition) is 4. The molecule has 0 saturated heterocycles. The quantitative estimate of drug-likeness (QED) is 0.603. The fourth-order valence-electron chi connectivity index (χ4n) is 2.46. The molecule has 0 aliphatic rings. The number of carbonyl (C=O) groups excluding carboxylic acids is 1. The van der Waals surface area contributed by atoms with Gasteiger partial charge in [-0.2, -0.15) is 0 Å². The molecule has 2 rings (SSSR count). The fraction of sp³-hybridized carbons (Fsp3) is 0.316. The Labute approximate surface area is 141 Å². The summed E-state index contributed by atoms with van der Waals surface area (Å²) in [5.74, 6) is 0.855. The molecule has 0 aliphatic carbocycles. The Morgan fingerprint density at radius 3 is 2.61 bits per heavy atom. The van der Waals surface area contributed by atoms with Crippen LogP contribution in [0.4, 0.5) is 0 Å². The Kier molecular flexibility index (Phi) is 6.68. The third kappa shape index (κ3) is 4.60. The molecule has 23 heavy (non-hydrogen) atoms. The average Bonchev–Trinajstić information content (AvgIpc) is 2.58. The molecule has 0 atom stereocenters. The third-order valence-electron chi connectivity index (χ3n) is 3.61. The first-order valence-corrected chi connectivity index (χ1v) is 8.71. The van der Waals surface area contributed by atoms with Gasteiger partial charge in [-0.05, 0) is 52.8 Å². The zero-order valence-corrected chi connectivity index (χ0v) is 14.6. The maximum atomic E-state index is 11.5. The van der Waals surface area contributed by atoms with Crippen LogP contribution in [-0.2, 0) is 20.0 Å². The largest absolute Gasteiger partial charge is 0.438 e. The summed E-state index contributed by atoms with van der Waals surface area (Å²) in [4.78, 5) is 11.5. The van der Waals surface area contributed by atoms with Crippen LogP contribution < -0.4 is 10.4 Å². The first kappa shape index (κ1) is 17.6. The van der Waals surface area contributed by atoms with Crippen molar-refractivity contribution in [3.63, 3.8) is 0 Å². The fourth-order valence-corrected chi connectivity index (χ4v) is 3.28. The minimum Gasteiger partial charge on any atom is -0.438 e. The van der Waals surface area contributed by atoms with Gasteiger partial charge >= 0.3 is 5.97 Å². The van der Waals surface area contributed by atoms with Crippen LogP contribution in [-0.4, -0.2) is 25.6 Å². The summed E-state index contributed by atoms with van der Waals surface area (Å²) < 4.78 is 9.62. The van der Waals surface area contributed by atoms with Crippen molar-refractivity contribution in [2.24, 2.45) is 0 Å². The molecule has 0 aliphatic heterocycles. The topological polar surface area (TPSA) is 35.5 Å². The molecule has 0 saturated carbocycles. The van der Waals surface area contributed by atoms with Crippen LogP contribution in [0.15, 0.2) is 30.3 Å². The Morgan fingerprint density at radius 2 is 1.91 bits per heavy atom. The minimum absolute atomic E-state index is 0.0135. The Hall–Kier alpha value is -1.78. The highest BCUT2D eigenvalue weighted by Gasteiger charge is 2.06. The van der Waals surface area contributed by atoms with Crippen LogP contribution >= 0.6 is 11.8 Å². The number of fused-ring (bicyclic) bond motifs is 1. The minimum atomic E-state index is -0.248. The number of esters is 1. The predicted octanol–water partition coefficient (Wildman–Crippen LogP) is 2.82. The summed E-state index contributed by atoms with van der Waals surface area (Å²) in [6.45, 7) is 4.12. The Balaban J connectivity index is 2.20. The van der Waals surface area contributed by atoms with Crippen molar-refractivity contribution < 1.29 is 14.3 Å². The first-order valence-electron chi connectivity index (χ1n) is 7.56. The number of thioether (sulfide) groups is 1. The Bertz CT molecular complexity index is 796. The maximum absolute atomic E-state index is 11.5. The summed E-state index contributed by atoms with van der Waals surface area (Å²) in [7, 11) is 1.50. The smallest absolute Gasteiger partial charge is 0.318 e. The van der Waals surface area contributed by atoms with E-state index in [1.807, 2.05) is 0 Å². The molecule has 122 valence electrons. The van der Waals surface area contributed by atoms with Crippen molar-refractivity contribution in [1.29, 1.82) is 0 Å². The molecule has 2 aromatic rings. The summed E-state index contributed by atoms with van der Waals surface area (Å²) in [6.07, 6.45) is 4.25. The van der Waals surface area contributed by atoms with Crippen LogP contribution in [0.25, 0.3) is 22.9 Å². The summed E-state index contributed by atoms with van der Waals surface area (Å²) in [5, 5.41) is 4.94. The number of methoxy groups -OCH3 is 1. The number of benzene rings is 2. The highest BCUT2D eigenvalue weighted by molar-refractivity contribution is 7.99. The molecule has 0 radical (unpaired) electrons. The molecule has 0 unspecified atom stereocenters. The van der Waals surface area contributed by atoms with Crippen LogP contribution in [0.5, 0.6) is 0 Å². The monoisotopic (exact) mass is 330 g/mol. The van der Waals surface area contributed by atoms with Gasteiger partial charge in [0.15, 0.2) is 6.79 Å². The van der Waals surface area contributed by atoms with Crippen molar-refractivity contribution in [3.8, 4) is 0 Å². The van der Waals surface area contributed by atoms with E-state index in [1.165, 1.54) is 33.9 Å². The van der Waals surface area contributed by atoms with Crippen LogP contribution in [0.1, 0.15) is 19.4 Å². The molecule has 0 fully saturated rings. The molecule has 0 heterocycles. The molecule has 4 heteroatoms.